The Morgan fingerprint density at radius 3 is 2.80 bits per heavy atom. The lowest BCUT2D eigenvalue weighted by Crippen LogP contribution is -2.35. The van der Waals surface area contributed by atoms with Gasteiger partial charge in [-0.05, 0) is 30.4 Å². The van der Waals surface area contributed by atoms with Crippen LogP contribution in [-0.4, -0.2) is 19.1 Å². The molecular weight excluding hydrogens is 252 g/mol. The summed E-state index contributed by atoms with van der Waals surface area (Å²) >= 11 is 0. The monoisotopic (exact) mass is 276 g/mol. The number of rotatable bonds is 3. The fourth-order valence-corrected chi connectivity index (χ4v) is 2.98. The Bertz CT molecular complexity index is 487. The molecule has 110 valence electrons. The van der Waals surface area contributed by atoms with Crippen LogP contribution in [0, 0.1) is 11.8 Å². The molecule has 4 heteroatoms. The van der Waals surface area contributed by atoms with Gasteiger partial charge in [-0.15, -0.1) is 0 Å². The summed E-state index contributed by atoms with van der Waals surface area (Å²) in [5.74, 6) is 0.901. The first-order valence-corrected chi connectivity index (χ1v) is 7.28. The number of esters is 1. The number of anilines is 2. The lowest BCUT2D eigenvalue weighted by Gasteiger charge is -2.35. The third kappa shape index (κ3) is 2.89. The highest BCUT2D eigenvalue weighted by molar-refractivity contribution is 5.98. The van der Waals surface area contributed by atoms with Gasteiger partial charge in [0.1, 0.15) is 0 Å². The highest BCUT2D eigenvalue weighted by Crippen LogP contribution is 2.34. The number of nitrogens with two attached hydrogens (primary N) is 1. The molecule has 0 heterocycles. The molecule has 1 aromatic rings. The fraction of sp³-hybridized carbons (Fsp3) is 0.562. The Balaban J connectivity index is 2.26. The second kappa shape index (κ2) is 6.16. The van der Waals surface area contributed by atoms with Crippen LogP contribution >= 0.6 is 0 Å². The molecule has 3 atom stereocenters. The lowest BCUT2D eigenvalue weighted by molar-refractivity contribution is 0.0601. The maximum Gasteiger partial charge on any atom is 0.340 e. The van der Waals surface area contributed by atoms with E-state index in [1.807, 2.05) is 6.07 Å². The van der Waals surface area contributed by atoms with Gasteiger partial charge in [-0.2, -0.15) is 0 Å². The zero-order valence-electron chi connectivity index (χ0n) is 12.5. The fourth-order valence-electron chi connectivity index (χ4n) is 2.98. The number of hydrogen-bond acceptors (Lipinski definition) is 4. The minimum absolute atomic E-state index is 0.351. The Morgan fingerprint density at radius 1 is 1.35 bits per heavy atom. The molecule has 1 aromatic carbocycles. The van der Waals surface area contributed by atoms with Crippen molar-refractivity contribution in [2.24, 2.45) is 11.8 Å². The number of hydrogen-bond donors (Lipinski definition) is 2. The van der Waals surface area contributed by atoms with Crippen LogP contribution in [0.5, 0.6) is 0 Å². The molecule has 0 aromatic heterocycles. The van der Waals surface area contributed by atoms with E-state index in [2.05, 4.69) is 19.2 Å². The molecule has 0 aliphatic heterocycles. The number of benzene rings is 1. The maximum absolute atomic E-state index is 11.9. The van der Waals surface area contributed by atoms with Gasteiger partial charge in [0.2, 0.25) is 0 Å². The van der Waals surface area contributed by atoms with E-state index in [-0.39, 0.29) is 5.97 Å². The third-order valence-electron chi connectivity index (χ3n) is 4.54. The van der Waals surface area contributed by atoms with E-state index >= 15 is 0 Å². The van der Waals surface area contributed by atoms with Crippen LogP contribution in [0.4, 0.5) is 11.4 Å². The van der Waals surface area contributed by atoms with E-state index in [0.29, 0.717) is 34.8 Å². The smallest absolute Gasteiger partial charge is 0.340 e. The number of nitrogens with one attached hydrogen (secondary N) is 1. The van der Waals surface area contributed by atoms with Gasteiger partial charge >= 0.3 is 5.97 Å². The Morgan fingerprint density at radius 2 is 2.10 bits per heavy atom. The van der Waals surface area contributed by atoms with Gasteiger partial charge in [0.05, 0.1) is 24.0 Å². The summed E-state index contributed by atoms with van der Waals surface area (Å²) < 4.78 is 4.83. The van der Waals surface area contributed by atoms with Crippen molar-refractivity contribution in [1.29, 1.82) is 0 Å². The van der Waals surface area contributed by atoms with Crippen molar-refractivity contribution >= 4 is 17.3 Å². The molecule has 1 aliphatic rings. The van der Waals surface area contributed by atoms with Crippen LogP contribution in [-0.2, 0) is 4.74 Å². The van der Waals surface area contributed by atoms with E-state index in [0.717, 1.165) is 6.42 Å². The Hall–Kier alpha value is -1.71. The first-order chi connectivity index (χ1) is 9.54. The second-order valence-electron chi connectivity index (χ2n) is 5.78. The van der Waals surface area contributed by atoms with E-state index < -0.39 is 0 Å². The maximum atomic E-state index is 11.9. The van der Waals surface area contributed by atoms with E-state index in [1.54, 1.807) is 12.1 Å². The van der Waals surface area contributed by atoms with Crippen molar-refractivity contribution < 1.29 is 9.53 Å². The predicted molar refractivity (Wildman–Crippen MR) is 81.8 cm³/mol. The second-order valence-corrected chi connectivity index (χ2v) is 5.78. The van der Waals surface area contributed by atoms with Crippen LogP contribution in [0.15, 0.2) is 18.2 Å². The quantitative estimate of drug-likeness (QED) is 0.657. The lowest BCUT2D eigenvalue weighted by atomic mass is 9.78. The van der Waals surface area contributed by atoms with E-state index in [4.69, 9.17) is 10.5 Å². The van der Waals surface area contributed by atoms with Crippen LogP contribution in [0.2, 0.25) is 0 Å². The van der Waals surface area contributed by atoms with Crippen molar-refractivity contribution in [1.82, 2.24) is 0 Å². The average Bonchev–Trinajstić information content (AvgIpc) is 2.45. The minimum Gasteiger partial charge on any atom is -0.465 e. The normalized spacial score (nSPS) is 26.1. The molecule has 1 fully saturated rings. The molecule has 2 rings (SSSR count). The molecule has 1 saturated carbocycles. The molecule has 0 spiro atoms. The summed E-state index contributed by atoms with van der Waals surface area (Å²) in [5.41, 5.74) is 7.86. The zero-order chi connectivity index (χ0) is 14.7. The van der Waals surface area contributed by atoms with Gasteiger partial charge in [0.15, 0.2) is 0 Å². The summed E-state index contributed by atoms with van der Waals surface area (Å²) in [5, 5.41) is 3.49. The van der Waals surface area contributed by atoms with Crippen LogP contribution < -0.4 is 11.1 Å². The molecule has 3 unspecified atom stereocenters. The van der Waals surface area contributed by atoms with Gasteiger partial charge in [-0.25, -0.2) is 4.79 Å². The molecule has 0 saturated heterocycles. The van der Waals surface area contributed by atoms with Crippen LogP contribution in [0.1, 0.15) is 43.5 Å². The van der Waals surface area contributed by atoms with Gasteiger partial charge < -0.3 is 15.8 Å². The first-order valence-electron chi connectivity index (χ1n) is 7.28. The van der Waals surface area contributed by atoms with Crippen LogP contribution in [0.3, 0.4) is 0 Å². The van der Waals surface area contributed by atoms with Crippen molar-refractivity contribution in [3.8, 4) is 0 Å². The molecule has 4 nitrogen and oxygen atoms in total. The minimum atomic E-state index is -0.351. The number of ether oxygens (including phenoxy) is 1. The largest absolute Gasteiger partial charge is 0.465 e. The molecular formula is C16H24N2O2. The molecule has 3 N–H and O–H groups in total. The summed E-state index contributed by atoms with van der Waals surface area (Å²) in [6.07, 6.45) is 3.59. The molecule has 1 aliphatic carbocycles. The van der Waals surface area contributed by atoms with E-state index in [1.165, 1.54) is 20.0 Å². The highest BCUT2D eigenvalue weighted by Gasteiger charge is 2.28. The Labute approximate surface area is 120 Å². The van der Waals surface area contributed by atoms with Gasteiger partial charge in [0.25, 0.3) is 0 Å². The van der Waals surface area contributed by atoms with Crippen molar-refractivity contribution in [3.63, 3.8) is 0 Å². The number of para-hydroxylation sites is 1. The first kappa shape index (κ1) is 14.7. The van der Waals surface area contributed by atoms with Crippen molar-refractivity contribution in [2.75, 3.05) is 18.2 Å². The SMILES string of the molecule is COC(=O)c1cccc(N)c1NC1CCCC(C)C1C. The van der Waals surface area contributed by atoms with E-state index in [9.17, 15) is 4.79 Å². The van der Waals surface area contributed by atoms with Crippen LogP contribution in [0.25, 0.3) is 0 Å². The van der Waals surface area contributed by atoms with Crippen molar-refractivity contribution in [2.45, 2.75) is 39.2 Å². The topological polar surface area (TPSA) is 64.3 Å². The van der Waals surface area contributed by atoms with Gasteiger partial charge in [-0.3, -0.25) is 0 Å². The molecule has 20 heavy (non-hydrogen) atoms. The summed E-state index contributed by atoms with van der Waals surface area (Å²) in [4.78, 5) is 11.9. The summed E-state index contributed by atoms with van der Waals surface area (Å²) in [7, 11) is 1.39. The Kier molecular flexibility index (Phi) is 4.53. The number of nitrogen functional groups attached to an aromatic ring is 1. The summed E-state index contributed by atoms with van der Waals surface area (Å²) in [6.45, 7) is 4.55. The standard InChI is InChI=1S/C16H24N2O2/c1-10-6-4-9-14(11(10)2)18-15-12(16(19)20-3)7-5-8-13(15)17/h5,7-8,10-11,14,18H,4,6,9,17H2,1-3H3. The zero-order valence-corrected chi connectivity index (χ0v) is 12.5. The average molecular weight is 276 g/mol. The summed E-state index contributed by atoms with van der Waals surface area (Å²) in [6, 6.07) is 5.69. The number of carbonyl (C=O) groups is 1. The predicted octanol–water partition coefficient (Wildman–Crippen LogP) is 3.29. The van der Waals surface area contributed by atoms with Crippen molar-refractivity contribution in [3.05, 3.63) is 23.8 Å². The molecule has 0 radical (unpaired) electrons. The number of methoxy groups -OCH3 is 1. The van der Waals surface area contributed by atoms with Gasteiger partial charge in [-0.1, -0.05) is 32.8 Å². The van der Waals surface area contributed by atoms with Gasteiger partial charge in [0, 0.05) is 6.04 Å². The highest BCUT2D eigenvalue weighted by atomic mass is 16.5. The third-order valence-corrected chi connectivity index (χ3v) is 4.54. The molecule has 0 amide bonds. The number of carbonyl (C=O) groups excluding carboxylic acids is 1. The molecule has 0 bridgehead atoms.